The number of hydrogen-bond donors (Lipinski definition) is 1. The van der Waals surface area contributed by atoms with E-state index in [-0.39, 0.29) is 5.91 Å². The van der Waals surface area contributed by atoms with Crippen LogP contribution >= 0.6 is 0 Å². The Morgan fingerprint density at radius 3 is 3.00 bits per heavy atom. The fraction of sp³-hybridized carbons (Fsp3) is 0.300. The van der Waals surface area contributed by atoms with Crippen LogP contribution < -0.4 is 5.73 Å². The second-order valence-corrected chi connectivity index (χ2v) is 3.24. The number of carbonyl (C=O) groups excluding carboxylic acids is 1. The molecule has 1 aliphatic heterocycles. The molecule has 3 heteroatoms. The molecule has 3 nitrogen and oxygen atoms in total. The Kier molecular flexibility index (Phi) is 1.72. The predicted octanol–water partition coefficient (Wildman–Crippen LogP) is 1.24. The first kappa shape index (κ1) is 8.10. The molecule has 2 N–H and O–H groups in total. The zero-order valence-electron chi connectivity index (χ0n) is 7.58. The zero-order chi connectivity index (χ0) is 9.42. The molecule has 1 aliphatic rings. The topological polar surface area (TPSA) is 46.3 Å². The van der Waals surface area contributed by atoms with Crippen LogP contribution in [0, 0.1) is 0 Å². The Hall–Kier alpha value is -1.51. The average molecular weight is 176 g/mol. The van der Waals surface area contributed by atoms with Gasteiger partial charge < -0.3 is 10.6 Å². The van der Waals surface area contributed by atoms with Gasteiger partial charge in [0.05, 0.1) is 0 Å². The Bertz CT molecular complexity index is 360. The molecular formula is C10H12N2O. The highest BCUT2D eigenvalue weighted by molar-refractivity contribution is 5.99. The Morgan fingerprint density at radius 2 is 2.31 bits per heavy atom. The largest absolute Gasteiger partial charge is 0.399 e. The quantitative estimate of drug-likeness (QED) is 0.654. The maximum absolute atomic E-state index is 11.7. The van der Waals surface area contributed by atoms with Gasteiger partial charge in [0.25, 0.3) is 5.91 Å². The third-order valence-corrected chi connectivity index (χ3v) is 2.39. The van der Waals surface area contributed by atoms with E-state index in [1.54, 1.807) is 6.07 Å². The maximum Gasteiger partial charge on any atom is 0.254 e. The standard InChI is InChI=1S/C10H12N2O/c1-2-12-6-7-3-4-8(11)5-9(7)10(12)13/h3-5H,2,6,11H2,1H3. The summed E-state index contributed by atoms with van der Waals surface area (Å²) in [7, 11) is 0. The van der Waals surface area contributed by atoms with Gasteiger partial charge in [-0.2, -0.15) is 0 Å². The van der Waals surface area contributed by atoms with Crippen molar-refractivity contribution in [3.8, 4) is 0 Å². The van der Waals surface area contributed by atoms with Crippen molar-refractivity contribution in [3.63, 3.8) is 0 Å². The fourth-order valence-corrected chi connectivity index (χ4v) is 1.63. The summed E-state index contributed by atoms with van der Waals surface area (Å²) in [5.74, 6) is 0.102. The number of nitrogens with two attached hydrogens (primary N) is 1. The SMILES string of the molecule is CCN1Cc2ccc(N)cc2C1=O. The summed E-state index contributed by atoms with van der Waals surface area (Å²) in [6.45, 7) is 3.46. The fourth-order valence-electron chi connectivity index (χ4n) is 1.63. The molecule has 68 valence electrons. The van der Waals surface area contributed by atoms with E-state index in [0.29, 0.717) is 5.69 Å². The monoisotopic (exact) mass is 176 g/mol. The molecule has 0 aromatic heterocycles. The number of amides is 1. The minimum absolute atomic E-state index is 0.102. The van der Waals surface area contributed by atoms with Crippen molar-refractivity contribution in [1.82, 2.24) is 4.90 Å². The number of hydrogen-bond acceptors (Lipinski definition) is 2. The molecule has 1 amide bonds. The summed E-state index contributed by atoms with van der Waals surface area (Å²) in [5, 5.41) is 0. The lowest BCUT2D eigenvalue weighted by Gasteiger charge is -2.10. The molecular weight excluding hydrogens is 164 g/mol. The minimum Gasteiger partial charge on any atom is -0.399 e. The first-order valence-electron chi connectivity index (χ1n) is 4.40. The van der Waals surface area contributed by atoms with Crippen molar-refractivity contribution in [1.29, 1.82) is 0 Å². The van der Waals surface area contributed by atoms with Crippen LogP contribution in [0.4, 0.5) is 5.69 Å². The van der Waals surface area contributed by atoms with E-state index in [1.807, 2.05) is 24.0 Å². The Balaban J connectivity index is 2.45. The van der Waals surface area contributed by atoms with Crippen LogP contribution in [0.5, 0.6) is 0 Å². The molecule has 0 saturated heterocycles. The predicted molar refractivity (Wildman–Crippen MR) is 51.3 cm³/mol. The van der Waals surface area contributed by atoms with Gasteiger partial charge in [-0.25, -0.2) is 0 Å². The number of nitrogens with zero attached hydrogens (tertiary/aromatic N) is 1. The minimum atomic E-state index is 0.102. The maximum atomic E-state index is 11.7. The first-order valence-corrected chi connectivity index (χ1v) is 4.40. The Labute approximate surface area is 77.1 Å². The van der Waals surface area contributed by atoms with Gasteiger partial charge in [0.1, 0.15) is 0 Å². The van der Waals surface area contributed by atoms with Gasteiger partial charge in [0.15, 0.2) is 0 Å². The first-order chi connectivity index (χ1) is 6.22. The average Bonchev–Trinajstić information content (AvgIpc) is 2.44. The van der Waals surface area contributed by atoms with E-state index in [0.717, 1.165) is 24.2 Å². The van der Waals surface area contributed by atoms with Gasteiger partial charge in [-0.3, -0.25) is 4.79 Å². The molecule has 0 fully saturated rings. The van der Waals surface area contributed by atoms with E-state index in [1.165, 1.54) is 0 Å². The molecule has 1 aromatic rings. The molecule has 13 heavy (non-hydrogen) atoms. The van der Waals surface area contributed by atoms with Crippen LogP contribution in [0.2, 0.25) is 0 Å². The third-order valence-electron chi connectivity index (χ3n) is 2.39. The summed E-state index contributed by atoms with van der Waals surface area (Å²) in [4.78, 5) is 13.5. The van der Waals surface area contributed by atoms with Gasteiger partial charge >= 0.3 is 0 Å². The normalized spacial score (nSPS) is 14.8. The summed E-state index contributed by atoms with van der Waals surface area (Å²) in [6.07, 6.45) is 0. The summed E-state index contributed by atoms with van der Waals surface area (Å²) in [5.41, 5.74) is 8.12. The number of carbonyl (C=O) groups is 1. The molecule has 0 spiro atoms. The molecule has 0 unspecified atom stereocenters. The van der Waals surface area contributed by atoms with Crippen molar-refractivity contribution in [3.05, 3.63) is 29.3 Å². The van der Waals surface area contributed by atoms with Crippen molar-refractivity contribution in [2.24, 2.45) is 0 Å². The molecule has 0 bridgehead atoms. The lowest BCUT2D eigenvalue weighted by Crippen LogP contribution is -2.22. The number of fused-ring (bicyclic) bond motifs is 1. The van der Waals surface area contributed by atoms with Gasteiger partial charge in [-0.1, -0.05) is 6.07 Å². The van der Waals surface area contributed by atoms with Crippen molar-refractivity contribution in [2.75, 3.05) is 12.3 Å². The summed E-state index contributed by atoms with van der Waals surface area (Å²) in [6, 6.07) is 5.52. The number of nitrogen functional groups attached to an aromatic ring is 1. The van der Waals surface area contributed by atoms with Crippen LogP contribution in [-0.2, 0) is 6.54 Å². The van der Waals surface area contributed by atoms with Crippen molar-refractivity contribution < 1.29 is 4.79 Å². The Morgan fingerprint density at radius 1 is 1.54 bits per heavy atom. The van der Waals surface area contributed by atoms with Crippen LogP contribution in [0.25, 0.3) is 0 Å². The summed E-state index contributed by atoms with van der Waals surface area (Å²) < 4.78 is 0. The lowest BCUT2D eigenvalue weighted by atomic mass is 10.1. The third kappa shape index (κ3) is 1.16. The number of anilines is 1. The highest BCUT2D eigenvalue weighted by atomic mass is 16.2. The molecule has 0 atom stereocenters. The van der Waals surface area contributed by atoms with Gasteiger partial charge in [0, 0.05) is 24.3 Å². The van der Waals surface area contributed by atoms with Crippen LogP contribution in [-0.4, -0.2) is 17.4 Å². The second kappa shape index (κ2) is 2.76. The highest BCUT2D eigenvalue weighted by Crippen LogP contribution is 2.23. The molecule has 1 aromatic carbocycles. The second-order valence-electron chi connectivity index (χ2n) is 3.24. The molecule has 0 saturated carbocycles. The van der Waals surface area contributed by atoms with Crippen molar-refractivity contribution >= 4 is 11.6 Å². The van der Waals surface area contributed by atoms with E-state index >= 15 is 0 Å². The smallest absolute Gasteiger partial charge is 0.254 e. The summed E-state index contributed by atoms with van der Waals surface area (Å²) >= 11 is 0. The van der Waals surface area contributed by atoms with E-state index in [2.05, 4.69) is 0 Å². The molecule has 2 rings (SSSR count). The van der Waals surface area contributed by atoms with Gasteiger partial charge in [0.2, 0.25) is 0 Å². The van der Waals surface area contributed by atoms with Crippen LogP contribution in [0.3, 0.4) is 0 Å². The highest BCUT2D eigenvalue weighted by Gasteiger charge is 2.25. The number of rotatable bonds is 1. The molecule has 0 aliphatic carbocycles. The number of benzene rings is 1. The zero-order valence-corrected chi connectivity index (χ0v) is 7.58. The molecule has 0 radical (unpaired) electrons. The van der Waals surface area contributed by atoms with Crippen molar-refractivity contribution in [2.45, 2.75) is 13.5 Å². The lowest BCUT2D eigenvalue weighted by molar-refractivity contribution is 0.0787. The molecule has 1 heterocycles. The van der Waals surface area contributed by atoms with E-state index in [9.17, 15) is 4.79 Å². The van der Waals surface area contributed by atoms with E-state index < -0.39 is 0 Å². The van der Waals surface area contributed by atoms with E-state index in [4.69, 9.17) is 5.73 Å². The van der Waals surface area contributed by atoms with Crippen LogP contribution in [0.1, 0.15) is 22.8 Å². The van der Waals surface area contributed by atoms with Crippen LogP contribution in [0.15, 0.2) is 18.2 Å². The van der Waals surface area contributed by atoms with Gasteiger partial charge in [-0.15, -0.1) is 0 Å². The van der Waals surface area contributed by atoms with Gasteiger partial charge in [-0.05, 0) is 24.6 Å².